The number of likely N-dealkylation sites (tertiary alicyclic amines) is 1. The molecule has 1 atom stereocenters. The van der Waals surface area contributed by atoms with Gasteiger partial charge in [0.25, 0.3) is 0 Å². The predicted octanol–water partition coefficient (Wildman–Crippen LogP) is -0.293. The first-order chi connectivity index (χ1) is 9.72. The maximum Gasteiger partial charge on any atom is 0.239 e. The molecular weight excluding hydrogens is 260 g/mol. The first kappa shape index (κ1) is 15.7. The first-order valence-corrected chi connectivity index (χ1v) is 7.55. The molecule has 1 unspecified atom stereocenters. The largest absolute Gasteiger partial charge is 0.394 e. The van der Waals surface area contributed by atoms with Gasteiger partial charge in [-0.2, -0.15) is 0 Å². The van der Waals surface area contributed by atoms with Gasteiger partial charge in [-0.05, 0) is 19.8 Å². The maximum atomic E-state index is 12.4. The van der Waals surface area contributed by atoms with Gasteiger partial charge in [-0.25, -0.2) is 0 Å². The van der Waals surface area contributed by atoms with E-state index in [0.29, 0.717) is 32.9 Å². The van der Waals surface area contributed by atoms with E-state index in [2.05, 4.69) is 4.90 Å². The summed E-state index contributed by atoms with van der Waals surface area (Å²) >= 11 is 0. The fourth-order valence-corrected chi connectivity index (χ4v) is 2.85. The number of hydrogen-bond acceptors (Lipinski definition) is 5. The number of piperidine rings is 1. The van der Waals surface area contributed by atoms with E-state index in [4.69, 9.17) is 14.6 Å². The standard InChI is InChI=1S/C14H26N2O4/c1-12(14(18)16-6-9-19-10-7-16)15-4-2-13(3-5-15)20-11-8-17/h12-13,17H,2-11H2,1H3. The van der Waals surface area contributed by atoms with Gasteiger partial charge in [-0.3, -0.25) is 9.69 Å². The molecule has 6 nitrogen and oxygen atoms in total. The number of ether oxygens (including phenoxy) is 2. The number of morpholine rings is 1. The van der Waals surface area contributed by atoms with E-state index in [1.165, 1.54) is 0 Å². The molecule has 2 heterocycles. The normalized spacial score (nSPS) is 23.8. The molecule has 116 valence electrons. The molecule has 20 heavy (non-hydrogen) atoms. The maximum absolute atomic E-state index is 12.4. The summed E-state index contributed by atoms with van der Waals surface area (Å²) in [7, 11) is 0. The number of carbonyl (C=O) groups excluding carboxylic acids is 1. The molecule has 0 aliphatic carbocycles. The first-order valence-electron chi connectivity index (χ1n) is 7.55. The summed E-state index contributed by atoms with van der Waals surface area (Å²) in [6.45, 7) is 6.95. The van der Waals surface area contributed by atoms with Gasteiger partial charge < -0.3 is 19.5 Å². The Labute approximate surface area is 120 Å². The Morgan fingerprint density at radius 3 is 2.55 bits per heavy atom. The zero-order valence-electron chi connectivity index (χ0n) is 12.3. The number of amides is 1. The summed E-state index contributed by atoms with van der Waals surface area (Å²) in [5.41, 5.74) is 0. The molecule has 1 amide bonds. The molecule has 2 rings (SSSR count). The van der Waals surface area contributed by atoms with Crippen molar-refractivity contribution in [2.75, 3.05) is 52.6 Å². The van der Waals surface area contributed by atoms with Gasteiger partial charge in [0.1, 0.15) is 0 Å². The number of aliphatic hydroxyl groups excluding tert-OH is 1. The van der Waals surface area contributed by atoms with E-state index in [0.717, 1.165) is 25.9 Å². The molecule has 2 aliphatic rings. The Hall–Kier alpha value is -0.690. The Kier molecular flexibility index (Phi) is 6.22. The van der Waals surface area contributed by atoms with Gasteiger partial charge in [0, 0.05) is 26.2 Å². The van der Waals surface area contributed by atoms with E-state index in [1.807, 2.05) is 11.8 Å². The monoisotopic (exact) mass is 286 g/mol. The highest BCUT2D eigenvalue weighted by atomic mass is 16.5. The van der Waals surface area contributed by atoms with Gasteiger partial charge >= 0.3 is 0 Å². The van der Waals surface area contributed by atoms with Crippen LogP contribution in [0.4, 0.5) is 0 Å². The lowest BCUT2D eigenvalue weighted by molar-refractivity contribution is -0.141. The molecule has 1 N–H and O–H groups in total. The van der Waals surface area contributed by atoms with Gasteiger partial charge in [0.05, 0.1) is 38.6 Å². The molecule has 0 aromatic heterocycles. The molecule has 0 aromatic carbocycles. The summed E-state index contributed by atoms with van der Waals surface area (Å²) in [4.78, 5) is 16.6. The molecule has 2 aliphatic heterocycles. The van der Waals surface area contributed by atoms with Crippen LogP contribution in [0.3, 0.4) is 0 Å². The second-order valence-corrected chi connectivity index (χ2v) is 5.44. The molecule has 0 aromatic rings. The van der Waals surface area contributed by atoms with Gasteiger partial charge in [-0.15, -0.1) is 0 Å². The third-order valence-electron chi connectivity index (χ3n) is 4.15. The Morgan fingerprint density at radius 2 is 1.95 bits per heavy atom. The number of hydrogen-bond donors (Lipinski definition) is 1. The third-order valence-corrected chi connectivity index (χ3v) is 4.15. The minimum Gasteiger partial charge on any atom is -0.394 e. The zero-order valence-corrected chi connectivity index (χ0v) is 12.3. The van der Waals surface area contributed by atoms with Crippen molar-refractivity contribution in [3.05, 3.63) is 0 Å². The highest BCUT2D eigenvalue weighted by molar-refractivity contribution is 5.81. The van der Waals surface area contributed by atoms with E-state index in [9.17, 15) is 4.79 Å². The molecule has 0 spiro atoms. The lowest BCUT2D eigenvalue weighted by Crippen LogP contribution is -2.52. The molecule has 2 fully saturated rings. The molecule has 0 saturated carbocycles. The van der Waals surface area contributed by atoms with Crippen LogP contribution in [-0.4, -0.2) is 85.6 Å². The highest BCUT2D eigenvalue weighted by Crippen LogP contribution is 2.17. The second kappa shape index (κ2) is 7.93. The van der Waals surface area contributed by atoms with E-state index in [-0.39, 0.29) is 24.7 Å². The highest BCUT2D eigenvalue weighted by Gasteiger charge is 2.30. The number of carbonyl (C=O) groups is 1. The van der Waals surface area contributed by atoms with Crippen molar-refractivity contribution in [2.24, 2.45) is 0 Å². The van der Waals surface area contributed by atoms with Gasteiger partial charge in [0.2, 0.25) is 5.91 Å². The van der Waals surface area contributed by atoms with Crippen LogP contribution in [-0.2, 0) is 14.3 Å². The lowest BCUT2D eigenvalue weighted by atomic mass is 10.1. The molecule has 0 bridgehead atoms. The van der Waals surface area contributed by atoms with Crippen LogP contribution in [0.15, 0.2) is 0 Å². The second-order valence-electron chi connectivity index (χ2n) is 5.44. The fraction of sp³-hybridized carbons (Fsp3) is 0.929. The Morgan fingerprint density at radius 1 is 1.30 bits per heavy atom. The summed E-state index contributed by atoms with van der Waals surface area (Å²) in [5, 5.41) is 8.76. The van der Waals surface area contributed by atoms with E-state index >= 15 is 0 Å². The summed E-state index contributed by atoms with van der Waals surface area (Å²) in [5.74, 6) is 0.211. The summed E-state index contributed by atoms with van der Waals surface area (Å²) in [6, 6.07) is -0.0631. The number of nitrogens with zero attached hydrogens (tertiary/aromatic N) is 2. The van der Waals surface area contributed by atoms with Crippen molar-refractivity contribution in [3.63, 3.8) is 0 Å². The minimum atomic E-state index is -0.0631. The van der Waals surface area contributed by atoms with Crippen LogP contribution in [0.25, 0.3) is 0 Å². The van der Waals surface area contributed by atoms with Crippen LogP contribution in [0.5, 0.6) is 0 Å². The van der Waals surface area contributed by atoms with Crippen molar-refractivity contribution in [2.45, 2.75) is 31.9 Å². The Balaban J connectivity index is 1.75. The lowest BCUT2D eigenvalue weighted by Gasteiger charge is -2.38. The van der Waals surface area contributed by atoms with Crippen LogP contribution < -0.4 is 0 Å². The van der Waals surface area contributed by atoms with Crippen molar-refractivity contribution >= 4 is 5.91 Å². The van der Waals surface area contributed by atoms with Crippen molar-refractivity contribution in [3.8, 4) is 0 Å². The van der Waals surface area contributed by atoms with E-state index < -0.39 is 0 Å². The average Bonchev–Trinajstić information content (AvgIpc) is 2.53. The van der Waals surface area contributed by atoms with E-state index in [1.54, 1.807) is 0 Å². The van der Waals surface area contributed by atoms with Crippen molar-refractivity contribution in [1.29, 1.82) is 0 Å². The minimum absolute atomic E-state index is 0.0631. The SMILES string of the molecule is CC(C(=O)N1CCOCC1)N1CCC(OCCO)CC1. The average molecular weight is 286 g/mol. The van der Waals surface area contributed by atoms with Crippen LogP contribution >= 0.6 is 0 Å². The third kappa shape index (κ3) is 4.15. The number of aliphatic hydroxyl groups is 1. The van der Waals surface area contributed by atoms with Crippen LogP contribution in [0.1, 0.15) is 19.8 Å². The molecule has 2 saturated heterocycles. The Bertz CT molecular complexity index is 300. The van der Waals surface area contributed by atoms with Gasteiger partial charge in [0.15, 0.2) is 0 Å². The topological polar surface area (TPSA) is 62.2 Å². The smallest absolute Gasteiger partial charge is 0.239 e. The zero-order chi connectivity index (χ0) is 14.4. The molecule has 6 heteroatoms. The van der Waals surface area contributed by atoms with Crippen molar-refractivity contribution < 1.29 is 19.4 Å². The summed E-state index contributed by atoms with van der Waals surface area (Å²) in [6.07, 6.45) is 2.09. The van der Waals surface area contributed by atoms with Crippen LogP contribution in [0.2, 0.25) is 0 Å². The molecule has 0 radical (unpaired) electrons. The van der Waals surface area contributed by atoms with Crippen molar-refractivity contribution in [1.82, 2.24) is 9.80 Å². The quantitative estimate of drug-likeness (QED) is 0.752. The van der Waals surface area contributed by atoms with Crippen LogP contribution in [0, 0.1) is 0 Å². The fourth-order valence-electron chi connectivity index (χ4n) is 2.85. The number of rotatable bonds is 5. The van der Waals surface area contributed by atoms with Gasteiger partial charge in [-0.1, -0.05) is 0 Å². The predicted molar refractivity (Wildman–Crippen MR) is 74.5 cm³/mol. The molecular formula is C14H26N2O4. The summed E-state index contributed by atoms with van der Waals surface area (Å²) < 4.78 is 10.8.